The number of carbonyl (C=O) groups excluding carboxylic acids is 1. The summed E-state index contributed by atoms with van der Waals surface area (Å²) < 4.78 is 24.8. The molecule has 0 atom stereocenters. The Bertz CT molecular complexity index is 982. The molecule has 148 valence electrons. The van der Waals surface area contributed by atoms with Crippen LogP contribution in [0.5, 0.6) is 0 Å². The molecule has 0 spiro atoms. The van der Waals surface area contributed by atoms with Crippen molar-refractivity contribution in [1.29, 1.82) is 0 Å². The Kier molecular flexibility index (Phi) is 5.23. The molecule has 6 nitrogen and oxygen atoms in total. The molecule has 2 aromatic rings. The first kappa shape index (κ1) is 19.1. The van der Waals surface area contributed by atoms with Crippen molar-refractivity contribution in [1.82, 2.24) is 9.21 Å². The van der Waals surface area contributed by atoms with Crippen molar-refractivity contribution in [3.05, 3.63) is 65.2 Å². The molecule has 0 aliphatic carbocycles. The highest BCUT2D eigenvalue weighted by Gasteiger charge is 2.26. The van der Waals surface area contributed by atoms with E-state index < -0.39 is 10.0 Å². The van der Waals surface area contributed by atoms with E-state index in [2.05, 4.69) is 11.0 Å². The average Bonchev–Trinajstić information content (AvgIpc) is 3.11. The molecule has 1 fully saturated rings. The van der Waals surface area contributed by atoms with Gasteiger partial charge in [0.25, 0.3) is 5.91 Å². The second kappa shape index (κ2) is 7.66. The maximum Gasteiger partial charge on any atom is 0.258 e. The smallest absolute Gasteiger partial charge is 0.258 e. The number of sulfonamides is 1. The minimum absolute atomic E-state index is 0.0358. The lowest BCUT2D eigenvalue weighted by Crippen LogP contribution is -2.47. The molecular weight excluding hydrogens is 374 g/mol. The van der Waals surface area contributed by atoms with E-state index in [0.717, 1.165) is 30.8 Å². The number of hydrogen-bond donors (Lipinski definition) is 0. The fraction of sp³-hybridized carbons (Fsp3) is 0.381. The molecule has 4 rings (SSSR count). The number of benzene rings is 2. The van der Waals surface area contributed by atoms with E-state index in [0.29, 0.717) is 31.7 Å². The van der Waals surface area contributed by atoms with Crippen LogP contribution in [0.1, 0.15) is 21.5 Å². The summed E-state index contributed by atoms with van der Waals surface area (Å²) in [5, 5.41) is 0. The van der Waals surface area contributed by atoms with Gasteiger partial charge in [-0.15, -0.1) is 0 Å². The molecule has 0 bridgehead atoms. The van der Waals surface area contributed by atoms with Gasteiger partial charge in [0.05, 0.1) is 6.26 Å². The molecule has 0 aromatic heterocycles. The number of anilines is 1. The van der Waals surface area contributed by atoms with Crippen molar-refractivity contribution in [2.24, 2.45) is 0 Å². The van der Waals surface area contributed by atoms with E-state index in [1.807, 2.05) is 47.4 Å². The number of nitrogens with zero attached hydrogens (tertiary/aromatic N) is 3. The van der Waals surface area contributed by atoms with Crippen LogP contribution < -0.4 is 4.90 Å². The van der Waals surface area contributed by atoms with Gasteiger partial charge < -0.3 is 4.90 Å². The van der Waals surface area contributed by atoms with Gasteiger partial charge >= 0.3 is 0 Å². The maximum atomic E-state index is 13.0. The van der Waals surface area contributed by atoms with Gasteiger partial charge in [-0.3, -0.25) is 9.69 Å². The summed E-state index contributed by atoms with van der Waals surface area (Å²) in [7, 11) is -3.12. The minimum atomic E-state index is -3.12. The molecule has 0 radical (unpaired) electrons. The highest BCUT2D eigenvalue weighted by molar-refractivity contribution is 7.88. The van der Waals surface area contributed by atoms with Crippen LogP contribution in [0.4, 0.5) is 5.69 Å². The minimum Gasteiger partial charge on any atom is -0.308 e. The van der Waals surface area contributed by atoms with Crippen molar-refractivity contribution in [2.75, 3.05) is 43.9 Å². The Balaban J connectivity index is 1.44. The van der Waals surface area contributed by atoms with Gasteiger partial charge in [-0.05, 0) is 35.7 Å². The van der Waals surface area contributed by atoms with Gasteiger partial charge in [0, 0.05) is 50.5 Å². The van der Waals surface area contributed by atoms with Gasteiger partial charge in [-0.1, -0.05) is 30.3 Å². The molecule has 0 N–H and O–H groups in total. The molecule has 7 heteroatoms. The summed E-state index contributed by atoms with van der Waals surface area (Å²) in [6.07, 6.45) is 2.15. The van der Waals surface area contributed by atoms with Crippen LogP contribution in [0.25, 0.3) is 0 Å². The van der Waals surface area contributed by atoms with Gasteiger partial charge in [-0.2, -0.15) is 4.31 Å². The predicted molar refractivity (Wildman–Crippen MR) is 110 cm³/mol. The zero-order valence-electron chi connectivity index (χ0n) is 16.0. The largest absolute Gasteiger partial charge is 0.308 e. The molecular formula is C21H25N3O3S. The predicted octanol–water partition coefficient (Wildman–Crippen LogP) is 1.97. The SMILES string of the molecule is CS(=O)(=O)N1CCN(Cc2cccc(C(=O)N3CCc4ccccc43)c2)CC1. The monoisotopic (exact) mass is 399 g/mol. The summed E-state index contributed by atoms with van der Waals surface area (Å²) in [4.78, 5) is 17.1. The third-order valence-electron chi connectivity index (χ3n) is 5.51. The zero-order valence-corrected chi connectivity index (χ0v) is 16.9. The average molecular weight is 400 g/mol. The van der Waals surface area contributed by atoms with Gasteiger partial charge in [0.15, 0.2) is 0 Å². The van der Waals surface area contributed by atoms with Gasteiger partial charge in [0.2, 0.25) is 10.0 Å². The third kappa shape index (κ3) is 3.97. The van der Waals surface area contributed by atoms with E-state index in [9.17, 15) is 13.2 Å². The van der Waals surface area contributed by atoms with E-state index in [-0.39, 0.29) is 5.91 Å². The molecule has 28 heavy (non-hydrogen) atoms. The van der Waals surface area contributed by atoms with Crippen molar-refractivity contribution < 1.29 is 13.2 Å². The Morgan fingerprint density at radius 3 is 2.46 bits per heavy atom. The number of piperazine rings is 1. The lowest BCUT2D eigenvalue weighted by atomic mass is 10.1. The lowest BCUT2D eigenvalue weighted by Gasteiger charge is -2.33. The van der Waals surface area contributed by atoms with E-state index >= 15 is 0 Å². The van der Waals surface area contributed by atoms with Crippen molar-refractivity contribution >= 4 is 21.6 Å². The third-order valence-corrected chi connectivity index (χ3v) is 6.82. The van der Waals surface area contributed by atoms with E-state index in [1.54, 1.807) is 0 Å². The standard InChI is InChI=1S/C21H25N3O3S/c1-28(26,27)23-13-11-22(12-14-23)16-17-5-4-7-19(15-17)21(25)24-10-9-18-6-2-3-8-20(18)24/h2-8,15H,9-14,16H2,1H3. The summed E-state index contributed by atoms with van der Waals surface area (Å²) in [6, 6.07) is 15.9. The Hall–Kier alpha value is -2.22. The highest BCUT2D eigenvalue weighted by Crippen LogP contribution is 2.29. The van der Waals surface area contributed by atoms with Crippen LogP contribution in [0.2, 0.25) is 0 Å². The van der Waals surface area contributed by atoms with Gasteiger partial charge in [-0.25, -0.2) is 8.42 Å². The first-order valence-corrected chi connectivity index (χ1v) is 11.4. The first-order chi connectivity index (χ1) is 13.4. The summed E-state index contributed by atoms with van der Waals surface area (Å²) in [5.74, 6) is 0.0358. The van der Waals surface area contributed by atoms with Crippen molar-refractivity contribution in [2.45, 2.75) is 13.0 Å². The number of para-hydroxylation sites is 1. The van der Waals surface area contributed by atoms with Crippen LogP contribution in [-0.4, -0.2) is 62.5 Å². The second-order valence-electron chi connectivity index (χ2n) is 7.47. The van der Waals surface area contributed by atoms with Crippen LogP contribution in [0.3, 0.4) is 0 Å². The van der Waals surface area contributed by atoms with E-state index in [4.69, 9.17) is 0 Å². The normalized spacial score (nSPS) is 18.2. The Morgan fingerprint density at radius 2 is 1.71 bits per heavy atom. The number of amides is 1. The lowest BCUT2D eigenvalue weighted by molar-refractivity contribution is 0.0989. The topological polar surface area (TPSA) is 60.9 Å². The molecule has 2 heterocycles. The fourth-order valence-corrected chi connectivity index (χ4v) is 4.81. The van der Waals surface area contributed by atoms with E-state index in [1.165, 1.54) is 16.1 Å². The molecule has 0 unspecified atom stereocenters. The Morgan fingerprint density at radius 1 is 0.964 bits per heavy atom. The van der Waals surface area contributed by atoms with Crippen LogP contribution in [0.15, 0.2) is 48.5 Å². The number of fused-ring (bicyclic) bond motifs is 1. The number of hydrogen-bond acceptors (Lipinski definition) is 4. The number of rotatable bonds is 4. The molecule has 2 aromatic carbocycles. The van der Waals surface area contributed by atoms with Crippen LogP contribution >= 0.6 is 0 Å². The summed E-state index contributed by atoms with van der Waals surface area (Å²) in [6.45, 7) is 3.87. The second-order valence-corrected chi connectivity index (χ2v) is 9.46. The first-order valence-electron chi connectivity index (χ1n) is 9.58. The Labute approximate surface area is 166 Å². The molecule has 1 saturated heterocycles. The highest BCUT2D eigenvalue weighted by atomic mass is 32.2. The van der Waals surface area contributed by atoms with Crippen molar-refractivity contribution in [3.8, 4) is 0 Å². The molecule has 1 amide bonds. The zero-order chi connectivity index (χ0) is 19.7. The summed E-state index contributed by atoms with van der Waals surface area (Å²) in [5.41, 5.74) is 4.00. The molecule has 2 aliphatic heterocycles. The quantitative estimate of drug-likeness (QED) is 0.789. The van der Waals surface area contributed by atoms with Crippen molar-refractivity contribution in [3.63, 3.8) is 0 Å². The molecule has 0 saturated carbocycles. The van der Waals surface area contributed by atoms with Crippen LogP contribution in [0, 0.1) is 0 Å². The molecule has 2 aliphatic rings. The fourth-order valence-electron chi connectivity index (χ4n) is 3.99. The maximum absolute atomic E-state index is 13.0. The van der Waals surface area contributed by atoms with Crippen LogP contribution in [-0.2, 0) is 23.0 Å². The van der Waals surface area contributed by atoms with Gasteiger partial charge in [0.1, 0.15) is 0 Å². The number of carbonyl (C=O) groups is 1. The summed E-state index contributed by atoms with van der Waals surface area (Å²) >= 11 is 0.